The summed E-state index contributed by atoms with van der Waals surface area (Å²) in [7, 11) is -3.94. The van der Waals surface area contributed by atoms with E-state index in [9.17, 15) is 18.0 Å². The van der Waals surface area contributed by atoms with Crippen LogP contribution in [0.2, 0.25) is 0 Å². The van der Waals surface area contributed by atoms with Gasteiger partial charge in [0.15, 0.2) is 4.32 Å². The van der Waals surface area contributed by atoms with Gasteiger partial charge in [-0.25, -0.2) is 13.4 Å². The molecule has 0 spiro atoms. The molecule has 2 aromatic rings. The van der Waals surface area contributed by atoms with Gasteiger partial charge in [0.2, 0.25) is 0 Å². The second kappa shape index (κ2) is 7.73. The fourth-order valence-electron chi connectivity index (χ4n) is 2.26. The number of carbonyl (C=O) groups is 2. The van der Waals surface area contributed by atoms with Crippen molar-refractivity contribution in [2.45, 2.75) is 11.8 Å². The molecule has 27 heavy (non-hydrogen) atoms. The van der Waals surface area contributed by atoms with Gasteiger partial charge in [-0.2, -0.15) is 0 Å². The fourth-order valence-corrected chi connectivity index (χ4v) is 4.57. The van der Waals surface area contributed by atoms with Crippen molar-refractivity contribution in [1.82, 2.24) is 9.84 Å². The van der Waals surface area contributed by atoms with E-state index in [1.165, 1.54) is 12.1 Å². The van der Waals surface area contributed by atoms with Gasteiger partial charge < -0.3 is 0 Å². The standard InChI is InChI=1S/C18H14N2O4S3/c1-12-2-8-15(9-3-12)27(23,24)19-20-17(22)16(26-18(20)25)10-13-4-6-14(11-21)7-5-13/h2-11,19H,1H3/b16-10-. The summed E-state index contributed by atoms with van der Waals surface area (Å²) in [6.45, 7) is 1.85. The van der Waals surface area contributed by atoms with Crippen LogP contribution in [0, 0.1) is 6.92 Å². The first-order valence-electron chi connectivity index (χ1n) is 7.72. The number of hydrazine groups is 1. The summed E-state index contributed by atoms with van der Waals surface area (Å²) >= 11 is 6.14. The molecule has 0 unspecified atom stereocenters. The summed E-state index contributed by atoms with van der Waals surface area (Å²) in [6.07, 6.45) is 2.32. The number of thioether (sulfide) groups is 1. The molecule has 1 aliphatic heterocycles. The lowest BCUT2D eigenvalue weighted by molar-refractivity contribution is -0.123. The molecule has 0 aliphatic carbocycles. The van der Waals surface area contributed by atoms with Crippen LogP contribution in [0.1, 0.15) is 21.5 Å². The number of aldehydes is 1. The van der Waals surface area contributed by atoms with Gasteiger partial charge in [0, 0.05) is 5.56 Å². The Bertz CT molecular complexity index is 1040. The number of sulfonamides is 1. The van der Waals surface area contributed by atoms with Crippen molar-refractivity contribution in [2.24, 2.45) is 0 Å². The molecular formula is C18H14N2O4S3. The fraction of sp³-hybridized carbons (Fsp3) is 0.0556. The lowest BCUT2D eigenvalue weighted by atomic mass is 10.1. The van der Waals surface area contributed by atoms with Gasteiger partial charge in [-0.15, -0.1) is 4.83 Å². The maximum Gasteiger partial charge on any atom is 0.281 e. The second-order valence-corrected chi connectivity index (χ2v) is 9.05. The number of hydrogen-bond acceptors (Lipinski definition) is 6. The number of amides is 1. The van der Waals surface area contributed by atoms with E-state index in [1.807, 2.05) is 6.92 Å². The highest BCUT2D eigenvalue weighted by Crippen LogP contribution is 2.32. The third kappa shape index (κ3) is 4.33. The molecule has 1 amide bonds. The zero-order chi connectivity index (χ0) is 19.6. The number of aryl methyl sites for hydroxylation is 1. The van der Waals surface area contributed by atoms with Crippen molar-refractivity contribution in [1.29, 1.82) is 0 Å². The van der Waals surface area contributed by atoms with Crippen molar-refractivity contribution < 1.29 is 18.0 Å². The Morgan fingerprint density at radius 1 is 1.04 bits per heavy atom. The molecule has 0 saturated carbocycles. The van der Waals surface area contributed by atoms with Crippen LogP contribution in [0.5, 0.6) is 0 Å². The quantitative estimate of drug-likeness (QED) is 0.457. The van der Waals surface area contributed by atoms with Crippen LogP contribution >= 0.6 is 24.0 Å². The van der Waals surface area contributed by atoms with Crippen LogP contribution in [0.4, 0.5) is 0 Å². The molecule has 1 saturated heterocycles. The van der Waals surface area contributed by atoms with Crippen molar-refractivity contribution in [3.8, 4) is 0 Å². The van der Waals surface area contributed by atoms with Gasteiger partial charge >= 0.3 is 0 Å². The molecule has 3 rings (SSSR count). The van der Waals surface area contributed by atoms with Crippen LogP contribution in [0.3, 0.4) is 0 Å². The minimum atomic E-state index is -3.94. The molecule has 1 fully saturated rings. The Labute approximate surface area is 166 Å². The molecule has 0 atom stereocenters. The Hall–Kier alpha value is -2.33. The maximum atomic E-state index is 12.6. The summed E-state index contributed by atoms with van der Waals surface area (Å²) in [5, 5.41) is 0.848. The smallest absolute Gasteiger partial charge is 0.281 e. The van der Waals surface area contributed by atoms with E-state index in [0.29, 0.717) is 11.1 Å². The number of carbonyl (C=O) groups excluding carboxylic acids is 2. The predicted molar refractivity (Wildman–Crippen MR) is 108 cm³/mol. The lowest BCUT2D eigenvalue weighted by Gasteiger charge is -2.16. The summed E-state index contributed by atoms with van der Waals surface area (Å²) in [6, 6.07) is 12.9. The van der Waals surface area contributed by atoms with Gasteiger partial charge in [-0.05, 0) is 30.7 Å². The molecule has 6 nitrogen and oxygen atoms in total. The van der Waals surface area contributed by atoms with E-state index in [-0.39, 0.29) is 14.1 Å². The highest BCUT2D eigenvalue weighted by molar-refractivity contribution is 8.26. The molecule has 0 aromatic heterocycles. The molecule has 138 valence electrons. The maximum absolute atomic E-state index is 12.6. The predicted octanol–water partition coefficient (Wildman–Crippen LogP) is 2.90. The van der Waals surface area contributed by atoms with Crippen molar-refractivity contribution in [3.63, 3.8) is 0 Å². The first-order valence-corrected chi connectivity index (χ1v) is 10.4. The van der Waals surface area contributed by atoms with Crippen LogP contribution in [-0.4, -0.2) is 29.9 Å². The van der Waals surface area contributed by atoms with Crippen LogP contribution in [0.15, 0.2) is 58.3 Å². The highest BCUT2D eigenvalue weighted by atomic mass is 32.2. The van der Waals surface area contributed by atoms with Gasteiger partial charge in [0.25, 0.3) is 15.9 Å². The Morgan fingerprint density at radius 2 is 1.63 bits per heavy atom. The minimum absolute atomic E-state index is 0.0376. The van der Waals surface area contributed by atoms with Gasteiger partial charge in [-0.1, -0.05) is 65.9 Å². The Kier molecular flexibility index (Phi) is 5.56. The topological polar surface area (TPSA) is 83.6 Å². The number of rotatable bonds is 5. The lowest BCUT2D eigenvalue weighted by Crippen LogP contribution is -2.44. The number of nitrogens with zero attached hydrogens (tertiary/aromatic N) is 1. The van der Waals surface area contributed by atoms with E-state index in [1.54, 1.807) is 42.5 Å². The number of hydrogen-bond donors (Lipinski definition) is 1. The molecule has 1 heterocycles. The molecule has 2 aromatic carbocycles. The summed E-state index contributed by atoms with van der Waals surface area (Å²) in [5.74, 6) is -0.555. The monoisotopic (exact) mass is 418 g/mol. The average molecular weight is 419 g/mol. The van der Waals surface area contributed by atoms with Crippen LogP contribution < -0.4 is 4.83 Å². The number of benzene rings is 2. The Morgan fingerprint density at radius 3 is 2.22 bits per heavy atom. The summed E-state index contributed by atoms with van der Waals surface area (Å²) in [5.41, 5.74) is 2.14. The van der Waals surface area contributed by atoms with Crippen molar-refractivity contribution >= 4 is 56.6 Å². The van der Waals surface area contributed by atoms with E-state index >= 15 is 0 Å². The first kappa shape index (κ1) is 19.4. The normalized spacial score (nSPS) is 16.2. The third-order valence-electron chi connectivity index (χ3n) is 3.71. The first-order chi connectivity index (χ1) is 12.8. The molecule has 1 N–H and O–H groups in total. The van der Waals surface area contributed by atoms with Gasteiger partial charge in [0.05, 0.1) is 9.80 Å². The molecule has 9 heteroatoms. The molecule has 1 aliphatic rings. The zero-order valence-corrected chi connectivity index (χ0v) is 16.5. The van der Waals surface area contributed by atoms with Crippen LogP contribution in [-0.2, 0) is 14.8 Å². The SMILES string of the molecule is Cc1ccc(S(=O)(=O)NN2C(=O)/C(=C/c3ccc(C=O)cc3)SC2=S)cc1. The van der Waals surface area contributed by atoms with Crippen molar-refractivity contribution in [3.05, 3.63) is 70.1 Å². The van der Waals surface area contributed by atoms with E-state index < -0.39 is 15.9 Å². The molecule has 0 bridgehead atoms. The molecule has 0 radical (unpaired) electrons. The minimum Gasteiger partial charge on any atom is -0.298 e. The van der Waals surface area contributed by atoms with E-state index in [0.717, 1.165) is 28.6 Å². The average Bonchev–Trinajstić information content (AvgIpc) is 2.90. The van der Waals surface area contributed by atoms with Crippen LogP contribution in [0.25, 0.3) is 6.08 Å². The summed E-state index contributed by atoms with van der Waals surface area (Å²) in [4.78, 5) is 25.8. The number of nitrogens with one attached hydrogen (secondary N) is 1. The van der Waals surface area contributed by atoms with Crippen molar-refractivity contribution in [2.75, 3.05) is 0 Å². The third-order valence-corrected chi connectivity index (χ3v) is 6.32. The largest absolute Gasteiger partial charge is 0.298 e. The summed E-state index contributed by atoms with van der Waals surface area (Å²) < 4.78 is 25.1. The molecular weight excluding hydrogens is 404 g/mol. The van der Waals surface area contributed by atoms with Gasteiger partial charge in [0.1, 0.15) is 6.29 Å². The Balaban J connectivity index is 1.82. The highest BCUT2D eigenvalue weighted by Gasteiger charge is 2.35. The number of thiocarbonyl (C=S) groups is 1. The zero-order valence-electron chi connectivity index (χ0n) is 14.1. The van der Waals surface area contributed by atoms with E-state index in [2.05, 4.69) is 4.83 Å². The van der Waals surface area contributed by atoms with Gasteiger partial charge in [-0.3, -0.25) is 9.59 Å². The second-order valence-electron chi connectivity index (χ2n) is 5.71. The van der Waals surface area contributed by atoms with E-state index in [4.69, 9.17) is 12.2 Å².